The number of carbonyl (C=O) groups is 5. The lowest BCUT2D eigenvalue weighted by atomic mass is 9.73. The van der Waals surface area contributed by atoms with Crippen molar-refractivity contribution in [1.29, 1.82) is 0 Å². The van der Waals surface area contributed by atoms with Gasteiger partial charge in [-0.2, -0.15) is 0 Å². The van der Waals surface area contributed by atoms with E-state index < -0.39 is 35.0 Å². The molecular formula is C39H59N5O5S. The van der Waals surface area contributed by atoms with Gasteiger partial charge in [0.2, 0.25) is 17.6 Å². The average molecular weight is 710 g/mol. The number of ketones is 2. The molecule has 50 heavy (non-hydrogen) atoms. The molecule has 3 aliphatic carbocycles. The fourth-order valence-corrected chi connectivity index (χ4v) is 11.2. The van der Waals surface area contributed by atoms with Crippen LogP contribution in [0.15, 0.2) is 5.38 Å². The highest BCUT2D eigenvalue weighted by molar-refractivity contribution is 7.09. The molecule has 1 unspecified atom stereocenters. The van der Waals surface area contributed by atoms with Crippen molar-refractivity contribution >= 4 is 40.6 Å². The molecule has 0 radical (unpaired) electrons. The summed E-state index contributed by atoms with van der Waals surface area (Å²) < 4.78 is 0. The van der Waals surface area contributed by atoms with E-state index in [0.29, 0.717) is 31.7 Å². The third-order valence-electron chi connectivity index (χ3n) is 14.2. The second-order valence-electron chi connectivity index (χ2n) is 17.8. The predicted molar refractivity (Wildman–Crippen MR) is 193 cm³/mol. The number of nitrogens with two attached hydrogens (primary N) is 1. The monoisotopic (exact) mass is 709 g/mol. The molecule has 2 N–H and O–H groups in total. The number of hydrogen-bond acceptors (Lipinski definition) is 8. The minimum absolute atomic E-state index is 0.0113. The van der Waals surface area contributed by atoms with Crippen LogP contribution < -0.4 is 5.73 Å². The molecule has 6 rings (SSSR count). The van der Waals surface area contributed by atoms with Gasteiger partial charge in [-0.15, -0.1) is 11.3 Å². The first-order chi connectivity index (χ1) is 23.5. The minimum Gasteiger partial charge on any atom is -0.363 e. The van der Waals surface area contributed by atoms with Gasteiger partial charge in [-0.3, -0.25) is 24.0 Å². The van der Waals surface area contributed by atoms with Crippen LogP contribution in [0.1, 0.15) is 110 Å². The van der Waals surface area contributed by atoms with Gasteiger partial charge in [0.05, 0.1) is 23.2 Å². The third-order valence-corrected chi connectivity index (χ3v) is 15.1. The second kappa shape index (κ2) is 13.7. The largest absolute Gasteiger partial charge is 0.363 e. The summed E-state index contributed by atoms with van der Waals surface area (Å²) in [6.07, 6.45) is 8.25. The maximum atomic E-state index is 14.9. The molecule has 5 aliphatic rings. The molecule has 1 aromatic rings. The van der Waals surface area contributed by atoms with E-state index in [1.807, 2.05) is 15.2 Å². The van der Waals surface area contributed by atoms with E-state index in [9.17, 15) is 24.0 Å². The molecule has 0 aromatic carbocycles. The maximum Gasteiger partial charge on any atom is 0.285 e. The van der Waals surface area contributed by atoms with Gasteiger partial charge in [0, 0.05) is 68.2 Å². The summed E-state index contributed by atoms with van der Waals surface area (Å²) in [6, 6.07) is -0.631. The van der Waals surface area contributed by atoms with Crippen LogP contribution in [-0.4, -0.2) is 94.3 Å². The van der Waals surface area contributed by atoms with E-state index in [-0.39, 0.29) is 46.7 Å². The minimum atomic E-state index is -0.980. The Morgan fingerprint density at radius 2 is 1.70 bits per heavy atom. The zero-order valence-electron chi connectivity index (χ0n) is 31.2. The molecule has 3 heterocycles. The van der Waals surface area contributed by atoms with Gasteiger partial charge in [0.25, 0.3) is 5.91 Å². The van der Waals surface area contributed by atoms with Crippen LogP contribution in [0.4, 0.5) is 0 Å². The van der Waals surface area contributed by atoms with Gasteiger partial charge in [0.1, 0.15) is 0 Å². The first-order valence-electron chi connectivity index (χ1n) is 19.1. The third kappa shape index (κ3) is 6.47. The van der Waals surface area contributed by atoms with Crippen molar-refractivity contribution in [3.8, 4) is 0 Å². The van der Waals surface area contributed by atoms with Crippen molar-refractivity contribution in [1.82, 2.24) is 19.7 Å². The van der Waals surface area contributed by atoms with Crippen LogP contribution >= 0.6 is 11.3 Å². The number of likely N-dealkylation sites (N-methyl/N-ethyl adjacent to an activating group) is 1. The van der Waals surface area contributed by atoms with Crippen molar-refractivity contribution in [2.75, 3.05) is 39.3 Å². The van der Waals surface area contributed by atoms with E-state index in [2.05, 4.69) is 46.4 Å². The lowest BCUT2D eigenvalue weighted by molar-refractivity contribution is -0.145. The Morgan fingerprint density at radius 1 is 1.02 bits per heavy atom. The molecule has 3 amide bonds. The SMILES string of the molecule is CCN1CCN(C(=O)Cc2csc(C[C@H](C(=O)N3C[C@]4(C[C@H]3C(=O)CC(CC3CCC3)C(=O)C(N)=O)C(C)(C)C43CCC3)C(C)(C)C)n2)CC1. The fraction of sp³-hybridized carbons (Fsp3) is 0.795. The number of piperazine rings is 1. The highest BCUT2D eigenvalue weighted by Gasteiger charge is 2.85. The number of amides is 3. The van der Waals surface area contributed by atoms with Gasteiger partial charge in [-0.25, -0.2) is 4.98 Å². The number of fused-ring (bicyclic) bond motifs is 1. The Kier molecular flexibility index (Phi) is 10.2. The quantitative estimate of drug-likeness (QED) is 0.294. The summed E-state index contributed by atoms with van der Waals surface area (Å²) in [5.41, 5.74) is 5.81. The van der Waals surface area contributed by atoms with E-state index in [4.69, 9.17) is 10.7 Å². The molecule has 0 bridgehead atoms. The number of primary amides is 1. The van der Waals surface area contributed by atoms with Crippen molar-refractivity contribution in [2.24, 2.45) is 45.1 Å². The van der Waals surface area contributed by atoms with Gasteiger partial charge < -0.3 is 20.4 Å². The lowest BCUT2D eigenvalue weighted by Crippen LogP contribution is -2.48. The van der Waals surface area contributed by atoms with Crippen molar-refractivity contribution in [3.63, 3.8) is 0 Å². The number of hydrogen-bond donors (Lipinski definition) is 1. The van der Waals surface area contributed by atoms with Crippen molar-refractivity contribution in [3.05, 3.63) is 16.1 Å². The smallest absolute Gasteiger partial charge is 0.285 e. The van der Waals surface area contributed by atoms with Gasteiger partial charge in [-0.1, -0.05) is 67.2 Å². The summed E-state index contributed by atoms with van der Waals surface area (Å²) >= 11 is 1.50. The Labute approximate surface area is 302 Å². The average Bonchev–Trinajstić information content (AvgIpc) is 3.42. The molecular weight excluding hydrogens is 651 g/mol. The molecule has 11 heteroatoms. The summed E-state index contributed by atoms with van der Waals surface area (Å²) in [7, 11) is 0. The Morgan fingerprint density at radius 3 is 2.22 bits per heavy atom. The van der Waals surface area contributed by atoms with Gasteiger partial charge in [0.15, 0.2) is 5.78 Å². The molecule has 2 spiro atoms. The van der Waals surface area contributed by atoms with Gasteiger partial charge >= 0.3 is 0 Å². The summed E-state index contributed by atoms with van der Waals surface area (Å²) in [5.74, 6) is -2.53. The standard InChI is InChI=1S/C39H59N5O5S/c1-7-42-14-16-43(17-15-42)32(46)20-27-23-50-31(41-27)21-28(36(2,3)4)35(49)44-24-39(37(5,6)38(39)12-9-13-38)22-29(44)30(45)19-26(33(47)34(40)48)18-25-10-8-11-25/h23,25-26,28-29H,7-22,24H2,1-6H3,(H2,40,48)/t26?,28-,29+,39-/m1/s1. The highest BCUT2D eigenvalue weighted by atomic mass is 32.1. The number of rotatable bonds is 13. The molecule has 3 saturated carbocycles. The number of Topliss-reactive ketones (excluding diaryl/α,β-unsaturated/α-hetero) is 2. The Bertz CT molecular complexity index is 1500. The Hall–Kier alpha value is -2.66. The van der Waals surface area contributed by atoms with E-state index >= 15 is 0 Å². The number of aromatic nitrogens is 1. The molecule has 276 valence electrons. The van der Waals surface area contributed by atoms with Crippen LogP contribution in [-0.2, 0) is 36.8 Å². The zero-order valence-corrected chi connectivity index (χ0v) is 32.0. The van der Waals surface area contributed by atoms with E-state index in [0.717, 1.165) is 75.5 Å². The highest BCUT2D eigenvalue weighted by Crippen LogP contribution is 2.88. The van der Waals surface area contributed by atoms with E-state index in [1.165, 1.54) is 17.8 Å². The van der Waals surface area contributed by atoms with Crippen LogP contribution in [0.3, 0.4) is 0 Å². The lowest BCUT2D eigenvalue weighted by Gasteiger charge is -2.35. The molecule has 10 nitrogen and oxygen atoms in total. The molecule has 5 fully saturated rings. The fourth-order valence-electron chi connectivity index (χ4n) is 10.4. The first kappa shape index (κ1) is 37.1. The molecule has 1 aromatic heterocycles. The van der Waals surface area contributed by atoms with E-state index in [1.54, 1.807) is 0 Å². The predicted octanol–water partition coefficient (Wildman–Crippen LogP) is 4.67. The normalized spacial score (nSPS) is 27.1. The topological polar surface area (TPSA) is 134 Å². The summed E-state index contributed by atoms with van der Waals surface area (Å²) in [5, 5.41) is 2.77. The van der Waals surface area contributed by atoms with Crippen LogP contribution in [0.2, 0.25) is 0 Å². The number of likely N-dealkylation sites (tertiary alicyclic amines) is 1. The van der Waals surface area contributed by atoms with Crippen LogP contribution in [0.25, 0.3) is 0 Å². The Balaban J connectivity index is 1.21. The van der Waals surface area contributed by atoms with Crippen LogP contribution in [0, 0.1) is 39.4 Å². The number of nitrogens with zero attached hydrogens (tertiary/aromatic N) is 4. The molecule has 4 atom stereocenters. The molecule has 2 aliphatic heterocycles. The number of thiazole rings is 1. The van der Waals surface area contributed by atoms with Gasteiger partial charge in [-0.05, 0) is 54.4 Å². The van der Waals surface area contributed by atoms with Crippen LogP contribution in [0.5, 0.6) is 0 Å². The second-order valence-corrected chi connectivity index (χ2v) is 18.7. The maximum absolute atomic E-state index is 14.9. The van der Waals surface area contributed by atoms with Crippen molar-refractivity contribution in [2.45, 2.75) is 118 Å². The molecule has 2 saturated heterocycles. The van der Waals surface area contributed by atoms with Crippen molar-refractivity contribution < 1.29 is 24.0 Å². The summed E-state index contributed by atoms with van der Waals surface area (Å²) in [6.45, 7) is 17.8. The zero-order chi connectivity index (χ0) is 36.2. The number of carbonyl (C=O) groups excluding carboxylic acids is 5. The summed E-state index contributed by atoms with van der Waals surface area (Å²) in [4.78, 5) is 78.4. The first-order valence-corrected chi connectivity index (χ1v) is 20.0.